The first-order valence-electron chi connectivity index (χ1n) is 4.60. The van der Waals surface area contributed by atoms with E-state index in [1.165, 1.54) is 7.11 Å². The molecule has 0 fully saturated rings. The molecule has 4 nitrogen and oxygen atoms in total. The third kappa shape index (κ3) is 5.19. The Labute approximate surface area is 96.9 Å². The summed E-state index contributed by atoms with van der Waals surface area (Å²) in [5, 5.41) is 0.557. The Bertz CT molecular complexity index is 232. The molecule has 0 N–H and O–H groups in total. The summed E-state index contributed by atoms with van der Waals surface area (Å²) in [6, 6.07) is 0. The van der Waals surface area contributed by atoms with Crippen LogP contribution in [-0.2, 0) is 19.1 Å². The van der Waals surface area contributed by atoms with Crippen molar-refractivity contribution in [3.05, 3.63) is 0 Å². The Morgan fingerprint density at radius 3 is 2.20 bits per heavy atom. The van der Waals surface area contributed by atoms with Gasteiger partial charge in [0.15, 0.2) is 0 Å². The van der Waals surface area contributed by atoms with Gasteiger partial charge in [0.05, 0.1) is 0 Å². The summed E-state index contributed by atoms with van der Waals surface area (Å²) < 4.78 is 9.68. The van der Waals surface area contributed by atoms with Crippen molar-refractivity contribution in [1.82, 2.24) is 0 Å². The van der Waals surface area contributed by atoms with Crippen LogP contribution in [0, 0.1) is 5.41 Å². The standard InChI is InChI=1S/C10H18O4Se/c1-10(2,3)9(12)14-7(6-15-5)8(11)13-4/h7H,6H2,1-5H3. The molecule has 88 valence electrons. The molecule has 5 heteroatoms. The van der Waals surface area contributed by atoms with Gasteiger partial charge in [-0.25, -0.2) is 0 Å². The minimum atomic E-state index is -0.744. The van der Waals surface area contributed by atoms with Crippen LogP contribution in [0.1, 0.15) is 20.8 Å². The van der Waals surface area contributed by atoms with Crippen molar-refractivity contribution in [3.8, 4) is 0 Å². The molecule has 0 rings (SSSR count). The average Bonchev–Trinajstić information content (AvgIpc) is 2.14. The quantitative estimate of drug-likeness (QED) is 0.575. The molecular weight excluding hydrogens is 263 g/mol. The number of hydrogen-bond acceptors (Lipinski definition) is 4. The van der Waals surface area contributed by atoms with Gasteiger partial charge in [0, 0.05) is 0 Å². The second-order valence-electron chi connectivity index (χ2n) is 4.12. The fourth-order valence-corrected chi connectivity index (χ4v) is 1.80. The Morgan fingerprint density at radius 1 is 1.33 bits per heavy atom. The molecule has 0 saturated carbocycles. The first-order chi connectivity index (χ1) is 6.82. The van der Waals surface area contributed by atoms with Crippen molar-refractivity contribution < 1.29 is 19.1 Å². The fraction of sp³-hybridized carbons (Fsp3) is 0.800. The van der Waals surface area contributed by atoms with Crippen LogP contribution in [0.15, 0.2) is 0 Å². The molecule has 0 amide bonds. The second kappa shape index (κ2) is 6.13. The molecule has 0 radical (unpaired) electrons. The van der Waals surface area contributed by atoms with E-state index in [0.29, 0.717) is 5.32 Å². The number of carbonyl (C=O) groups excluding carboxylic acids is 2. The van der Waals surface area contributed by atoms with E-state index in [2.05, 4.69) is 4.74 Å². The number of ether oxygens (including phenoxy) is 2. The molecule has 0 bridgehead atoms. The van der Waals surface area contributed by atoms with Gasteiger partial charge >= 0.3 is 96.5 Å². The molecule has 0 aliphatic rings. The second-order valence-corrected chi connectivity index (χ2v) is 6.03. The Kier molecular flexibility index (Phi) is 5.91. The molecular formula is C10H18O4Se. The first kappa shape index (κ1) is 14.5. The Hall–Kier alpha value is -0.541. The average molecular weight is 281 g/mol. The third-order valence-corrected chi connectivity index (χ3v) is 2.98. The Balaban J connectivity index is 4.42. The maximum absolute atomic E-state index is 11.5. The summed E-state index contributed by atoms with van der Waals surface area (Å²) in [6.45, 7) is 5.25. The van der Waals surface area contributed by atoms with E-state index in [1.807, 2.05) is 5.82 Å². The summed E-state index contributed by atoms with van der Waals surface area (Å²) >= 11 is 0.261. The zero-order valence-electron chi connectivity index (χ0n) is 9.83. The normalized spacial score (nSPS) is 13.1. The summed E-state index contributed by atoms with van der Waals surface area (Å²) in [5.74, 6) is 1.13. The number of esters is 2. The van der Waals surface area contributed by atoms with Crippen LogP contribution in [-0.4, -0.2) is 40.1 Å². The molecule has 1 atom stereocenters. The summed E-state index contributed by atoms with van der Waals surface area (Å²) in [4.78, 5) is 22.8. The van der Waals surface area contributed by atoms with Crippen molar-refractivity contribution in [2.45, 2.75) is 38.0 Å². The number of rotatable bonds is 4. The van der Waals surface area contributed by atoms with E-state index in [4.69, 9.17) is 4.74 Å². The van der Waals surface area contributed by atoms with Gasteiger partial charge in [-0.2, -0.15) is 0 Å². The molecule has 0 aromatic heterocycles. The van der Waals surface area contributed by atoms with Crippen molar-refractivity contribution in [3.63, 3.8) is 0 Å². The van der Waals surface area contributed by atoms with Crippen molar-refractivity contribution >= 4 is 26.9 Å². The van der Waals surface area contributed by atoms with Gasteiger partial charge in [-0.1, -0.05) is 0 Å². The van der Waals surface area contributed by atoms with E-state index in [-0.39, 0.29) is 20.9 Å². The predicted octanol–water partition coefficient (Wildman–Crippen LogP) is 1.29. The van der Waals surface area contributed by atoms with Crippen LogP contribution in [0.3, 0.4) is 0 Å². The van der Waals surface area contributed by atoms with Crippen LogP contribution >= 0.6 is 0 Å². The summed E-state index contributed by atoms with van der Waals surface area (Å²) in [6.07, 6.45) is -0.744. The van der Waals surface area contributed by atoms with Crippen LogP contribution in [0.2, 0.25) is 11.1 Å². The van der Waals surface area contributed by atoms with Crippen LogP contribution in [0.25, 0.3) is 0 Å². The summed E-state index contributed by atoms with van der Waals surface area (Å²) in [7, 11) is 1.29. The fourth-order valence-electron chi connectivity index (χ4n) is 0.739. The monoisotopic (exact) mass is 282 g/mol. The zero-order valence-corrected chi connectivity index (χ0v) is 11.5. The molecule has 0 aromatic rings. The van der Waals surface area contributed by atoms with Gasteiger partial charge in [0.25, 0.3) is 0 Å². The molecule has 0 aliphatic carbocycles. The first-order valence-corrected chi connectivity index (χ1v) is 7.53. The van der Waals surface area contributed by atoms with Crippen LogP contribution in [0.5, 0.6) is 0 Å². The van der Waals surface area contributed by atoms with Gasteiger partial charge in [0.1, 0.15) is 0 Å². The molecule has 0 saturated heterocycles. The van der Waals surface area contributed by atoms with Crippen LogP contribution < -0.4 is 0 Å². The molecule has 0 aromatic carbocycles. The minimum absolute atomic E-state index is 0.261. The van der Waals surface area contributed by atoms with Crippen molar-refractivity contribution in [2.75, 3.05) is 7.11 Å². The van der Waals surface area contributed by atoms with E-state index < -0.39 is 17.5 Å². The maximum atomic E-state index is 11.5. The molecule has 15 heavy (non-hydrogen) atoms. The SMILES string of the molecule is COC(=O)C(C[Se]C)OC(=O)C(C)(C)C. The predicted molar refractivity (Wildman–Crippen MR) is 57.8 cm³/mol. The number of hydrogen-bond donors (Lipinski definition) is 0. The van der Waals surface area contributed by atoms with E-state index >= 15 is 0 Å². The van der Waals surface area contributed by atoms with E-state index in [1.54, 1.807) is 20.8 Å². The van der Waals surface area contributed by atoms with Crippen LogP contribution in [0.4, 0.5) is 0 Å². The molecule has 0 spiro atoms. The van der Waals surface area contributed by atoms with E-state index in [9.17, 15) is 9.59 Å². The topological polar surface area (TPSA) is 52.6 Å². The van der Waals surface area contributed by atoms with E-state index in [0.717, 1.165) is 0 Å². The van der Waals surface area contributed by atoms with Gasteiger partial charge in [0.2, 0.25) is 0 Å². The number of carbonyl (C=O) groups is 2. The van der Waals surface area contributed by atoms with Gasteiger partial charge < -0.3 is 0 Å². The molecule has 1 unspecified atom stereocenters. The zero-order chi connectivity index (χ0) is 12.1. The number of methoxy groups -OCH3 is 1. The van der Waals surface area contributed by atoms with Crippen molar-refractivity contribution in [2.24, 2.45) is 5.41 Å². The molecule has 0 heterocycles. The third-order valence-electron chi connectivity index (χ3n) is 1.64. The van der Waals surface area contributed by atoms with Gasteiger partial charge in [-0.15, -0.1) is 0 Å². The molecule has 0 aliphatic heterocycles. The van der Waals surface area contributed by atoms with Gasteiger partial charge in [-0.05, 0) is 0 Å². The van der Waals surface area contributed by atoms with Gasteiger partial charge in [-0.3, -0.25) is 0 Å². The van der Waals surface area contributed by atoms with Crippen molar-refractivity contribution in [1.29, 1.82) is 0 Å². The summed E-state index contributed by atoms with van der Waals surface area (Å²) in [5.41, 5.74) is -0.590. The Morgan fingerprint density at radius 2 is 1.87 bits per heavy atom.